The third-order valence-electron chi connectivity index (χ3n) is 4.76. The van der Waals surface area contributed by atoms with Gasteiger partial charge in [-0.15, -0.1) is 5.10 Å². The molecule has 1 saturated carbocycles. The summed E-state index contributed by atoms with van der Waals surface area (Å²) in [5.41, 5.74) is 1.73. The zero-order valence-corrected chi connectivity index (χ0v) is 12.5. The number of hydrogen-bond acceptors (Lipinski definition) is 4. The summed E-state index contributed by atoms with van der Waals surface area (Å²) in [5, 5.41) is 8.24. The first-order valence-corrected chi connectivity index (χ1v) is 8.02. The van der Waals surface area contributed by atoms with Crippen molar-refractivity contribution in [2.45, 2.75) is 44.4 Å². The Balaban J connectivity index is 1.53. The number of carbonyl (C=O) groups excluding carboxylic acids is 1. The van der Waals surface area contributed by atoms with Crippen LogP contribution in [0.25, 0.3) is 11.0 Å². The average Bonchev–Trinajstić information content (AvgIpc) is 2.97. The van der Waals surface area contributed by atoms with Crippen LogP contribution in [0.15, 0.2) is 24.3 Å². The second-order valence-electron chi connectivity index (χ2n) is 6.08. The highest BCUT2D eigenvalue weighted by atomic mass is 16.5. The van der Waals surface area contributed by atoms with Crippen molar-refractivity contribution in [1.82, 2.24) is 19.9 Å². The normalized spacial score (nSPS) is 25.2. The van der Waals surface area contributed by atoms with Gasteiger partial charge in [-0.1, -0.05) is 30.2 Å². The van der Waals surface area contributed by atoms with Crippen LogP contribution in [0.5, 0.6) is 0 Å². The topological polar surface area (TPSA) is 60.2 Å². The molecule has 1 aliphatic carbocycles. The van der Waals surface area contributed by atoms with E-state index in [1.807, 2.05) is 29.2 Å². The Bertz CT molecular complexity index is 682. The van der Waals surface area contributed by atoms with Gasteiger partial charge in [0, 0.05) is 6.54 Å². The maximum atomic E-state index is 12.7. The van der Waals surface area contributed by atoms with E-state index in [1.54, 1.807) is 4.68 Å². The van der Waals surface area contributed by atoms with Crippen LogP contribution in [0.1, 0.15) is 25.7 Å². The van der Waals surface area contributed by atoms with Gasteiger partial charge >= 0.3 is 0 Å². The van der Waals surface area contributed by atoms with Crippen molar-refractivity contribution in [2.24, 2.45) is 0 Å². The van der Waals surface area contributed by atoms with Gasteiger partial charge in [0.15, 0.2) is 0 Å². The van der Waals surface area contributed by atoms with Crippen LogP contribution < -0.4 is 0 Å². The molecule has 2 heterocycles. The largest absolute Gasteiger partial charge is 0.374 e. The minimum absolute atomic E-state index is 0.121. The highest BCUT2D eigenvalue weighted by Crippen LogP contribution is 2.28. The Morgan fingerprint density at radius 3 is 3.09 bits per heavy atom. The summed E-state index contributed by atoms with van der Waals surface area (Å²) in [5.74, 6) is 0.121. The molecule has 0 N–H and O–H groups in total. The lowest BCUT2D eigenvalue weighted by Gasteiger charge is -2.43. The lowest BCUT2D eigenvalue weighted by molar-refractivity contribution is -0.150. The molecule has 1 aromatic carbocycles. The maximum absolute atomic E-state index is 12.7. The number of rotatable bonds is 2. The Morgan fingerprint density at radius 1 is 1.27 bits per heavy atom. The second kappa shape index (κ2) is 5.68. The fraction of sp³-hybridized carbons (Fsp3) is 0.562. The van der Waals surface area contributed by atoms with Crippen LogP contribution in [0.2, 0.25) is 0 Å². The molecule has 0 unspecified atom stereocenters. The zero-order chi connectivity index (χ0) is 14.9. The molecule has 6 nitrogen and oxygen atoms in total. The molecule has 1 amide bonds. The molecule has 0 bridgehead atoms. The smallest absolute Gasteiger partial charge is 0.244 e. The fourth-order valence-electron chi connectivity index (χ4n) is 3.66. The van der Waals surface area contributed by atoms with E-state index in [0.717, 1.165) is 23.9 Å². The molecule has 22 heavy (non-hydrogen) atoms. The van der Waals surface area contributed by atoms with Crippen LogP contribution in [0.3, 0.4) is 0 Å². The third kappa shape index (κ3) is 2.37. The molecule has 4 rings (SSSR count). The summed E-state index contributed by atoms with van der Waals surface area (Å²) < 4.78 is 7.54. The van der Waals surface area contributed by atoms with Crippen molar-refractivity contribution in [1.29, 1.82) is 0 Å². The van der Waals surface area contributed by atoms with Gasteiger partial charge in [-0.3, -0.25) is 4.79 Å². The van der Waals surface area contributed by atoms with Crippen LogP contribution in [-0.2, 0) is 16.1 Å². The molecule has 6 heteroatoms. The molecule has 1 saturated heterocycles. The number of fused-ring (bicyclic) bond motifs is 2. The fourth-order valence-corrected chi connectivity index (χ4v) is 3.66. The first-order valence-electron chi connectivity index (χ1n) is 8.02. The molecule has 1 aromatic heterocycles. The van der Waals surface area contributed by atoms with Crippen molar-refractivity contribution in [3.05, 3.63) is 24.3 Å². The lowest BCUT2D eigenvalue weighted by atomic mass is 9.90. The molecular formula is C16H20N4O2. The predicted molar refractivity (Wildman–Crippen MR) is 81.2 cm³/mol. The van der Waals surface area contributed by atoms with E-state index in [2.05, 4.69) is 10.3 Å². The van der Waals surface area contributed by atoms with Crippen LogP contribution in [0, 0.1) is 0 Å². The summed E-state index contributed by atoms with van der Waals surface area (Å²) in [6.45, 7) is 1.58. The second-order valence-corrected chi connectivity index (χ2v) is 6.08. The molecule has 2 aromatic rings. The van der Waals surface area contributed by atoms with E-state index in [-0.39, 0.29) is 24.6 Å². The van der Waals surface area contributed by atoms with E-state index in [4.69, 9.17) is 4.74 Å². The molecule has 0 radical (unpaired) electrons. The molecule has 0 spiro atoms. The van der Waals surface area contributed by atoms with Gasteiger partial charge in [-0.05, 0) is 25.0 Å². The Kier molecular flexibility index (Phi) is 3.54. The number of amides is 1. The van der Waals surface area contributed by atoms with Gasteiger partial charge < -0.3 is 9.64 Å². The Labute approximate surface area is 129 Å². The monoisotopic (exact) mass is 300 g/mol. The van der Waals surface area contributed by atoms with Crippen LogP contribution in [0.4, 0.5) is 0 Å². The standard InChI is InChI=1S/C16H20N4O2/c21-16(11-20-13-6-2-1-5-12(13)17-18-20)19-9-10-22-15-8-4-3-7-14(15)19/h1-2,5-6,14-15H,3-4,7-11H2/t14-,15-/m1/s1. The van der Waals surface area contributed by atoms with Gasteiger partial charge in [-0.25, -0.2) is 4.68 Å². The summed E-state index contributed by atoms with van der Waals surface area (Å²) in [6.07, 6.45) is 4.73. The Hall–Kier alpha value is -1.95. The van der Waals surface area contributed by atoms with E-state index < -0.39 is 0 Å². The zero-order valence-electron chi connectivity index (χ0n) is 12.5. The number of morpholine rings is 1. The molecule has 2 atom stereocenters. The SMILES string of the molecule is O=C(Cn1nnc2ccccc21)N1CCO[C@@H]2CCCC[C@H]21. The quantitative estimate of drug-likeness (QED) is 0.845. The van der Waals surface area contributed by atoms with E-state index in [0.29, 0.717) is 13.2 Å². The van der Waals surface area contributed by atoms with Crippen LogP contribution >= 0.6 is 0 Å². The summed E-state index contributed by atoms with van der Waals surface area (Å²) in [6, 6.07) is 7.97. The minimum Gasteiger partial charge on any atom is -0.374 e. The van der Waals surface area contributed by atoms with Crippen molar-refractivity contribution in [3.8, 4) is 0 Å². The first-order chi connectivity index (χ1) is 10.8. The number of ether oxygens (including phenoxy) is 1. The number of nitrogens with zero attached hydrogens (tertiary/aromatic N) is 4. The van der Waals surface area contributed by atoms with E-state index in [9.17, 15) is 4.79 Å². The third-order valence-corrected chi connectivity index (χ3v) is 4.76. The number of aromatic nitrogens is 3. The number of para-hydroxylation sites is 1. The minimum atomic E-state index is 0.121. The molecule has 1 aliphatic heterocycles. The molecule has 2 aliphatic rings. The number of carbonyl (C=O) groups is 1. The summed E-state index contributed by atoms with van der Waals surface area (Å²) in [7, 11) is 0. The average molecular weight is 300 g/mol. The number of benzene rings is 1. The van der Waals surface area contributed by atoms with Crippen molar-refractivity contribution in [3.63, 3.8) is 0 Å². The van der Waals surface area contributed by atoms with E-state index in [1.165, 1.54) is 12.8 Å². The van der Waals surface area contributed by atoms with Gasteiger partial charge in [0.25, 0.3) is 0 Å². The maximum Gasteiger partial charge on any atom is 0.244 e. The van der Waals surface area contributed by atoms with Crippen molar-refractivity contribution < 1.29 is 9.53 Å². The summed E-state index contributed by atoms with van der Waals surface area (Å²) >= 11 is 0. The molecule has 2 fully saturated rings. The molecular weight excluding hydrogens is 280 g/mol. The highest BCUT2D eigenvalue weighted by molar-refractivity contribution is 5.80. The highest BCUT2D eigenvalue weighted by Gasteiger charge is 2.36. The van der Waals surface area contributed by atoms with Gasteiger partial charge in [-0.2, -0.15) is 0 Å². The van der Waals surface area contributed by atoms with Gasteiger partial charge in [0.1, 0.15) is 12.1 Å². The van der Waals surface area contributed by atoms with Crippen molar-refractivity contribution in [2.75, 3.05) is 13.2 Å². The summed E-state index contributed by atoms with van der Waals surface area (Å²) in [4.78, 5) is 14.7. The van der Waals surface area contributed by atoms with Crippen molar-refractivity contribution >= 4 is 16.9 Å². The number of hydrogen-bond donors (Lipinski definition) is 0. The molecule has 116 valence electrons. The van der Waals surface area contributed by atoms with Gasteiger partial charge in [0.2, 0.25) is 5.91 Å². The predicted octanol–water partition coefficient (Wildman–Crippen LogP) is 1.60. The Morgan fingerprint density at radius 2 is 2.14 bits per heavy atom. The first kappa shape index (κ1) is 13.7. The van der Waals surface area contributed by atoms with Gasteiger partial charge in [0.05, 0.1) is 24.3 Å². The van der Waals surface area contributed by atoms with Crippen LogP contribution in [-0.4, -0.2) is 51.1 Å². The van der Waals surface area contributed by atoms with E-state index >= 15 is 0 Å². The lowest BCUT2D eigenvalue weighted by Crippen LogP contribution is -2.55.